The summed E-state index contributed by atoms with van der Waals surface area (Å²) in [5.41, 5.74) is 3.86. The molecule has 3 aromatic rings. The van der Waals surface area contributed by atoms with Gasteiger partial charge in [0.05, 0.1) is 18.0 Å². The zero-order valence-electron chi connectivity index (χ0n) is 17.2. The van der Waals surface area contributed by atoms with Crippen LogP contribution in [0.5, 0.6) is 11.5 Å². The number of ether oxygens (including phenoxy) is 2. The van der Waals surface area contributed by atoms with Crippen LogP contribution in [0.1, 0.15) is 25.0 Å². The summed E-state index contributed by atoms with van der Waals surface area (Å²) in [5, 5.41) is 11.7. The Morgan fingerprint density at radius 1 is 1.33 bits per heavy atom. The number of rotatable bonds is 7. The van der Waals surface area contributed by atoms with Crippen molar-refractivity contribution in [3.05, 3.63) is 53.9 Å². The van der Waals surface area contributed by atoms with Gasteiger partial charge < -0.3 is 14.8 Å². The van der Waals surface area contributed by atoms with E-state index in [1.54, 1.807) is 6.33 Å². The molecule has 0 bridgehead atoms. The third kappa shape index (κ3) is 4.43. The van der Waals surface area contributed by atoms with Crippen molar-refractivity contribution in [1.82, 2.24) is 14.8 Å². The van der Waals surface area contributed by atoms with Crippen molar-refractivity contribution in [2.45, 2.75) is 38.5 Å². The number of nitrogens with zero attached hydrogens (tertiary/aromatic N) is 3. The van der Waals surface area contributed by atoms with Crippen molar-refractivity contribution in [1.29, 1.82) is 0 Å². The highest BCUT2D eigenvalue weighted by Crippen LogP contribution is 2.38. The first kappa shape index (κ1) is 20.3. The maximum atomic E-state index is 12.6. The number of thioether (sulfide) groups is 1. The van der Waals surface area contributed by atoms with Crippen molar-refractivity contribution < 1.29 is 14.3 Å². The first-order valence-electron chi connectivity index (χ1n) is 9.89. The van der Waals surface area contributed by atoms with Gasteiger partial charge in [0.2, 0.25) is 5.91 Å². The van der Waals surface area contributed by atoms with Gasteiger partial charge in [0, 0.05) is 23.7 Å². The molecule has 1 unspecified atom stereocenters. The Morgan fingerprint density at radius 2 is 2.13 bits per heavy atom. The maximum Gasteiger partial charge on any atom is 0.234 e. The number of fused-ring (bicyclic) bond motifs is 1. The molecule has 2 aromatic carbocycles. The van der Waals surface area contributed by atoms with Crippen molar-refractivity contribution in [2.24, 2.45) is 0 Å². The molecular formula is C22H24N4O3S. The molecule has 4 rings (SSSR count). The molecular weight excluding hydrogens is 400 g/mol. The molecule has 0 radical (unpaired) electrons. The third-order valence-corrected chi connectivity index (χ3v) is 5.68. The molecule has 30 heavy (non-hydrogen) atoms. The molecule has 2 heterocycles. The predicted molar refractivity (Wildman–Crippen MR) is 117 cm³/mol. The molecule has 1 aromatic heterocycles. The molecule has 1 atom stereocenters. The lowest BCUT2D eigenvalue weighted by Crippen LogP contribution is -2.15. The van der Waals surface area contributed by atoms with E-state index in [0.717, 1.165) is 23.4 Å². The first-order chi connectivity index (χ1) is 14.5. The largest absolute Gasteiger partial charge is 0.492 e. The summed E-state index contributed by atoms with van der Waals surface area (Å²) < 4.78 is 13.4. The fraction of sp³-hybridized carbons (Fsp3) is 0.318. The summed E-state index contributed by atoms with van der Waals surface area (Å²) in [6, 6.07) is 11.9. The second kappa shape index (κ2) is 8.79. The lowest BCUT2D eigenvalue weighted by molar-refractivity contribution is -0.113. The molecule has 1 aliphatic heterocycles. The standard InChI is InChI=1S/C22H24N4O3S/c1-4-28-20-10-16-9-15(3)29-19(16)11-18(20)24-21(27)12-30-22-25-23-13-26(22)17-7-5-14(2)6-8-17/h5-8,10-11,13,15H,4,9,12H2,1-3H3,(H,24,27). The van der Waals surface area contributed by atoms with Gasteiger partial charge in [-0.05, 0) is 39.0 Å². The van der Waals surface area contributed by atoms with E-state index in [-0.39, 0.29) is 17.8 Å². The average molecular weight is 425 g/mol. The van der Waals surface area contributed by atoms with Gasteiger partial charge in [-0.2, -0.15) is 0 Å². The minimum Gasteiger partial charge on any atom is -0.492 e. The van der Waals surface area contributed by atoms with Gasteiger partial charge in [-0.1, -0.05) is 29.5 Å². The molecule has 7 nitrogen and oxygen atoms in total. The van der Waals surface area contributed by atoms with Crippen LogP contribution in [0.4, 0.5) is 5.69 Å². The van der Waals surface area contributed by atoms with Gasteiger partial charge in [-0.15, -0.1) is 10.2 Å². The number of nitrogens with one attached hydrogen (secondary N) is 1. The van der Waals surface area contributed by atoms with Crippen molar-refractivity contribution >= 4 is 23.4 Å². The summed E-state index contributed by atoms with van der Waals surface area (Å²) in [6.45, 7) is 6.51. The van der Waals surface area contributed by atoms with E-state index in [4.69, 9.17) is 9.47 Å². The van der Waals surface area contributed by atoms with E-state index in [2.05, 4.69) is 15.5 Å². The Labute approximate surface area is 179 Å². The monoisotopic (exact) mass is 424 g/mol. The SMILES string of the molecule is CCOc1cc2c(cc1NC(=O)CSc1nncn1-c1ccc(C)cc1)OC(C)C2. The summed E-state index contributed by atoms with van der Waals surface area (Å²) in [7, 11) is 0. The minimum absolute atomic E-state index is 0.129. The molecule has 1 aliphatic rings. The minimum atomic E-state index is -0.148. The number of hydrogen-bond donors (Lipinski definition) is 1. The predicted octanol–water partition coefficient (Wildman–Crippen LogP) is 4.03. The van der Waals surface area contributed by atoms with Gasteiger partial charge in [0.1, 0.15) is 23.9 Å². The molecule has 156 valence electrons. The van der Waals surface area contributed by atoms with Crippen LogP contribution >= 0.6 is 11.8 Å². The number of aromatic nitrogens is 3. The Hall–Kier alpha value is -3.00. The van der Waals surface area contributed by atoms with E-state index < -0.39 is 0 Å². The zero-order valence-corrected chi connectivity index (χ0v) is 18.0. The van der Waals surface area contributed by atoms with E-state index in [1.165, 1.54) is 17.3 Å². The van der Waals surface area contributed by atoms with Crippen LogP contribution in [-0.4, -0.2) is 39.1 Å². The first-order valence-corrected chi connectivity index (χ1v) is 10.9. The number of hydrogen-bond acceptors (Lipinski definition) is 6. The molecule has 8 heteroatoms. The molecule has 1 amide bonds. The number of benzene rings is 2. The second-order valence-electron chi connectivity index (χ2n) is 7.18. The quantitative estimate of drug-likeness (QED) is 0.577. The number of carbonyl (C=O) groups is 1. The molecule has 0 aliphatic carbocycles. The van der Waals surface area contributed by atoms with Crippen LogP contribution in [0, 0.1) is 6.92 Å². The van der Waals surface area contributed by atoms with Crippen LogP contribution in [-0.2, 0) is 11.2 Å². The van der Waals surface area contributed by atoms with Gasteiger partial charge in [-0.3, -0.25) is 9.36 Å². The second-order valence-corrected chi connectivity index (χ2v) is 8.12. The van der Waals surface area contributed by atoms with Crippen molar-refractivity contribution in [3.8, 4) is 17.2 Å². The number of anilines is 1. The van der Waals surface area contributed by atoms with E-state index in [9.17, 15) is 4.79 Å². The Balaban J connectivity index is 1.45. The van der Waals surface area contributed by atoms with Crippen molar-refractivity contribution in [2.75, 3.05) is 17.7 Å². The highest BCUT2D eigenvalue weighted by molar-refractivity contribution is 7.99. The van der Waals surface area contributed by atoms with Crippen LogP contribution in [0.25, 0.3) is 5.69 Å². The van der Waals surface area contributed by atoms with Crippen molar-refractivity contribution in [3.63, 3.8) is 0 Å². The maximum absolute atomic E-state index is 12.6. The molecule has 0 fully saturated rings. The highest BCUT2D eigenvalue weighted by atomic mass is 32.2. The van der Waals surface area contributed by atoms with Gasteiger partial charge in [-0.25, -0.2) is 0 Å². The lowest BCUT2D eigenvalue weighted by atomic mass is 10.1. The third-order valence-electron chi connectivity index (χ3n) is 4.73. The Kier molecular flexibility index (Phi) is 5.94. The summed E-state index contributed by atoms with van der Waals surface area (Å²) in [4.78, 5) is 12.6. The molecule has 0 saturated heterocycles. The summed E-state index contributed by atoms with van der Waals surface area (Å²) in [5.74, 6) is 1.51. The number of carbonyl (C=O) groups excluding carboxylic acids is 1. The molecule has 1 N–H and O–H groups in total. The number of aryl methyl sites for hydroxylation is 1. The van der Waals surface area contributed by atoms with Crippen LogP contribution in [0.15, 0.2) is 47.9 Å². The lowest BCUT2D eigenvalue weighted by Gasteiger charge is -2.13. The van der Waals surface area contributed by atoms with E-state index >= 15 is 0 Å². The smallest absolute Gasteiger partial charge is 0.234 e. The van der Waals surface area contributed by atoms with Crippen LogP contribution in [0.3, 0.4) is 0 Å². The topological polar surface area (TPSA) is 78.3 Å². The van der Waals surface area contributed by atoms with Crippen LogP contribution in [0.2, 0.25) is 0 Å². The zero-order chi connectivity index (χ0) is 21.1. The van der Waals surface area contributed by atoms with Gasteiger partial charge >= 0.3 is 0 Å². The fourth-order valence-electron chi connectivity index (χ4n) is 3.33. The normalized spacial score (nSPS) is 14.8. The Bertz CT molecular complexity index is 1050. The fourth-order valence-corrected chi connectivity index (χ4v) is 4.06. The Morgan fingerprint density at radius 3 is 2.90 bits per heavy atom. The van der Waals surface area contributed by atoms with Gasteiger partial charge in [0.25, 0.3) is 0 Å². The summed E-state index contributed by atoms with van der Waals surface area (Å²) >= 11 is 1.33. The molecule has 0 saturated carbocycles. The average Bonchev–Trinajstić information content (AvgIpc) is 3.33. The van der Waals surface area contributed by atoms with E-state index in [1.807, 2.05) is 61.7 Å². The highest BCUT2D eigenvalue weighted by Gasteiger charge is 2.22. The molecule has 0 spiro atoms. The number of amides is 1. The summed E-state index contributed by atoms with van der Waals surface area (Å²) in [6.07, 6.45) is 2.62. The van der Waals surface area contributed by atoms with E-state index in [0.29, 0.717) is 23.2 Å². The van der Waals surface area contributed by atoms with Gasteiger partial charge in [0.15, 0.2) is 5.16 Å². The van der Waals surface area contributed by atoms with Crippen LogP contribution < -0.4 is 14.8 Å².